The first-order valence-electron chi connectivity index (χ1n) is 11.2. The smallest absolute Gasteiger partial charge is 0.309 e. The Bertz CT molecular complexity index is 1250. The zero-order valence-electron chi connectivity index (χ0n) is 19.1. The highest BCUT2D eigenvalue weighted by Crippen LogP contribution is 2.34. The molecule has 2 aromatic carbocycles. The number of nitrogens with zero attached hydrogens (tertiary/aromatic N) is 2. The zero-order valence-corrected chi connectivity index (χ0v) is 19.9. The van der Waals surface area contributed by atoms with Gasteiger partial charge in [-0.3, -0.25) is 9.59 Å². The SMILES string of the molecule is CC(OC(=O)C1CCN(S(=O)(=O)c2ccc3c(c2)OCCO3)CC1)C(=O)Nc1ccc(C#N)cc1. The van der Waals surface area contributed by atoms with Crippen molar-refractivity contribution in [2.45, 2.75) is 30.8 Å². The van der Waals surface area contributed by atoms with E-state index < -0.39 is 33.9 Å². The van der Waals surface area contributed by atoms with Crippen LogP contribution in [0.1, 0.15) is 25.3 Å². The number of nitriles is 1. The number of amides is 1. The first-order chi connectivity index (χ1) is 16.8. The van der Waals surface area contributed by atoms with Crippen molar-refractivity contribution in [3.63, 3.8) is 0 Å². The molecule has 1 amide bonds. The summed E-state index contributed by atoms with van der Waals surface area (Å²) in [4.78, 5) is 25.1. The predicted octanol–water partition coefficient (Wildman–Crippen LogP) is 2.30. The Morgan fingerprint density at radius 1 is 1.09 bits per heavy atom. The van der Waals surface area contributed by atoms with Crippen molar-refractivity contribution in [1.82, 2.24) is 4.31 Å². The highest BCUT2D eigenvalue weighted by atomic mass is 32.2. The maximum Gasteiger partial charge on any atom is 0.309 e. The van der Waals surface area contributed by atoms with Crippen LogP contribution < -0.4 is 14.8 Å². The molecule has 35 heavy (non-hydrogen) atoms. The second kappa shape index (κ2) is 10.3. The fourth-order valence-corrected chi connectivity index (χ4v) is 5.35. The molecular weight excluding hydrogens is 474 g/mol. The van der Waals surface area contributed by atoms with Crippen LogP contribution in [0.4, 0.5) is 5.69 Å². The van der Waals surface area contributed by atoms with Gasteiger partial charge in [0.05, 0.1) is 22.4 Å². The second-order valence-electron chi connectivity index (χ2n) is 8.24. The van der Waals surface area contributed by atoms with Gasteiger partial charge >= 0.3 is 5.97 Å². The average Bonchev–Trinajstić information content (AvgIpc) is 2.88. The number of sulfonamides is 1. The maximum absolute atomic E-state index is 13.1. The Hall–Kier alpha value is -3.62. The number of carbonyl (C=O) groups is 2. The molecule has 0 radical (unpaired) electrons. The summed E-state index contributed by atoms with van der Waals surface area (Å²) in [6.07, 6.45) is -0.461. The lowest BCUT2D eigenvalue weighted by Gasteiger charge is -2.30. The summed E-state index contributed by atoms with van der Waals surface area (Å²) in [5.41, 5.74) is 0.944. The van der Waals surface area contributed by atoms with Gasteiger partial charge in [-0.15, -0.1) is 0 Å². The summed E-state index contributed by atoms with van der Waals surface area (Å²) >= 11 is 0. The largest absolute Gasteiger partial charge is 0.486 e. The molecule has 2 aliphatic heterocycles. The summed E-state index contributed by atoms with van der Waals surface area (Å²) in [6, 6.07) is 12.8. The molecule has 0 aromatic heterocycles. The quantitative estimate of drug-likeness (QED) is 0.598. The van der Waals surface area contributed by atoms with E-state index in [0.29, 0.717) is 36.0 Å². The normalized spacial score (nSPS) is 17.1. The Balaban J connectivity index is 1.30. The third-order valence-electron chi connectivity index (χ3n) is 5.88. The van der Waals surface area contributed by atoms with E-state index >= 15 is 0 Å². The Morgan fingerprint density at radius 3 is 2.40 bits per heavy atom. The van der Waals surface area contributed by atoms with E-state index in [1.807, 2.05) is 6.07 Å². The fourth-order valence-electron chi connectivity index (χ4n) is 3.86. The van der Waals surface area contributed by atoms with Crippen molar-refractivity contribution in [1.29, 1.82) is 5.26 Å². The highest BCUT2D eigenvalue weighted by Gasteiger charge is 2.34. The van der Waals surface area contributed by atoms with Crippen LogP contribution in [-0.2, 0) is 24.3 Å². The van der Waals surface area contributed by atoms with Gasteiger partial charge < -0.3 is 19.5 Å². The fraction of sp³-hybridized carbons (Fsp3) is 0.375. The number of hydrogen-bond donors (Lipinski definition) is 1. The summed E-state index contributed by atoms with van der Waals surface area (Å²) in [7, 11) is -3.76. The Labute approximate surface area is 203 Å². The minimum absolute atomic E-state index is 0.107. The molecule has 1 saturated heterocycles. The number of esters is 1. The van der Waals surface area contributed by atoms with E-state index in [4.69, 9.17) is 19.5 Å². The average molecular weight is 500 g/mol. The lowest BCUT2D eigenvalue weighted by molar-refractivity contribution is -0.158. The monoisotopic (exact) mass is 499 g/mol. The molecule has 1 fully saturated rings. The number of anilines is 1. The number of benzene rings is 2. The molecule has 1 N–H and O–H groups in total. The van der Waals surface area contributed by atoms with Crippen LogP contribution in [0, 0.1) is 17.2 Å². The van der Waals surface area contributed by atoms with Crippen LogP contribution >= 0.6 is 0 Å². The van der Waals surface area contributed by atoms with Gasteiger partial charge in [-0.25, -0.2) is 8.42 Å². The number of ether oxygens (including phenoxy) is 3. The van der Waals surface area contributed by atoms with Crippen molar-refractivity contribution in [2.75, 3.05) is 31.6 Å². The number of fused-ring (bicyclic) bond motifs is 1. The molecular formula is C24H25N3O7S. The van der Waals surface area contributed by atoms with Crippen LogP contribution in [0.15, 0.2) is 47.4 Å². The molecule has 2 aromatic rings. The number of carbonyl (C=O) groups excluding carboxylic acids is 2. The van der Waals surface area contributed by atoms with Crippen molar-refractivity contribution in [3.8, 4) is 17.6 Å². The molecule has 10 nitrogen and oxygen atoms in total. The topological polar surface area (TPSA) is 135 Å². The second-order valence-corrected chi connectivity index (χ2v) is 10.2. The highest BCUT2D eigenvalue weighted by molar-refractivity contribution is 7.89. The zero-order chi connectivity index (χ0) is 25.0. The van der Waals surface area contributed by atoms with Gasteiger partial charge in [0.1, 0.15) is 13.2 Å². The molecule has 4 rings (SSSR count). The van der Waals surface area contributed by atoms with E-state index in [0.717, 1.165) is 0 Å². The van der Waals surface area contributed by atoms with Crippen LogP contribution in [0.5, 0.6) is 11.5 Å². The third-order valence-corrected chi connectivity index (χ3v) is 7.78. The van der Waals surface area contributed by atoms with E-state index in [-0.39, 0.29) is 30.8 Å². The Morgan fingerprint density at radius 2 is 1.74 bits per heavy atom. The minimum Gasteiger partial charge on any atom is -0.486 e. The van der Waals surface area contributed by atoms with Gasteiger partial charge in [-0.2, -0.15) is 9.57 Å². The molecule has 0 bridgehead atoms. The minimum atomic E-state index is -3.76. The summed E-state index contributed by atoms with van der Waals surface area (Å²) in [5, 5.41) is 11.5. The van der Waals surface area contributed by atoms with E-state index in [1.54, 1.807) is 30.3 Å². The Kier molecular flexibility index (Phi) is 7.23. The molecule has 2 aliphatic rings. The molecule has 0 saturated carbocycles. The van der Waals surface area contributed by atoms with Gasteiger partial charge in [0.15, 0.2) is 17.6 Å². The maximum atomic E-state index is 13.1. The first-order valence-corrected chi connectivity index (χ1v) is 12.6. The van der Waals surface area contributed by atoms with Crippen LogP contribution in [-0.4, -0.2) is 57.0 Å². The molecule has 11 heteroatoms. The lowest BCUT2D eigenvalue weighted by atomic mass is 9.98. The molecule has 2 heterocycles. The van der Waals surface area contributed by atoms with Crippen molar-refractivity contribution >= 4 is 27.6 Å². The van der Waals surface area contributed by atoms with E-state index in [9.17, 15) is 18.0 Å². The number of piperidine rings is 1. The standard InChI is InChI=1S/C24H25N3O7S/c1-16(23(28)26-19-4-2-17(15-25)3-5-19)34-24(29)18-8-10-27(11-9-18)35(30,31)20-6-7-21-22(14-20)33-13-12-32-21/h2-7,14,16,18H,8-13H2,1H3,(H,26,28). The third kappa shape index (κ3) is 5.55. The van der Waals surface area contributed by atoms with Crippen LogP contribution in [0.25, 0.3) is 0 Å². The van der Waals surface area contributed by atoms with Gasteiger partial charge in [-0.05, 0) is 56.2 Å². The van der Waals surface area contributed by atoms with Gasteiger partial charge in [0.25, 0.3) is 5.91 Å². The van der Waals surface area contributed by atoms with Gasteiger partial charge in [-0.1, -0.05) is 0 Å². The first kappa shape index (κ1) is 24.5. The predicted molar refractivity (Wildman–Crippen MR) is 124 cm³/mol. The molecule has 184 valence electrons. The lowest BCUT2D eigenvalue weighted by Crippen LogP contribution is -2.41. The summed E-state index contributed by atoms with van der Waals surface area (Å²) < 4.78 is 43.7. The van der Waals surface area contributed by atoms with E-state index in [2.05, 4.69) is 5.32 Å². The summed E-state index contributed by atoms with van der Waals surface area (Å²) in [5.74, 6) is -0.643. The molecule has 1 unspecified atom stereocenters. The summed E-state index contributed by atoms with van der Waals surface area (Å²) in [6.45, 7) is 2.55. The van der Waals surface area contributed by atoms with Crippen molar-refractivity contribution < 1.29 is 32.2 Å². The molecule has 0 aliphatic carbocycles. The van der Waals surface area contributed by atoms with Gasteiger partial charge in [0.2, 0.25) is 10.0 Å². The van der Waals surface area contributed by atoms with Crippen LogP contribution in [0.2, 0.25) is 0 Å². The van der Waals surface area contributed by atoms with E-state index in [1.165, 1.54) is 23.4 Å². The number of nitrogens with one attached hydrogen (secondary N) is 1. The number of hydrogen-bond acceptors (Lipinski definition) is 8. The van der Waals surface area contributed by atoms with Gasteiger partial charge in [0, 0.05) is 24.8 Å². The molecule has 0 spiro atoms. The van der Waals surface area contributed by atoms with Crippen molar-refractivity contribution in [3.05, 3.63) is 48.0 Å². The number of rotatable bonds is 6. The van der Waals surface area contributed by atoms with Crippen LogP contribution in [0.3, 0.4) is 0 Å². The molecule has 1 atom stereocenters. The van der Waals surface area contributed by atoms with Crippen molar-refractivity contribution in [2.24, 2.45) is 5.92 Å².